The third kappa shape index (κ3) is 1.20. The van der Waals surface area contributed by atoms with Gasteiger partial charge in [-0.3, -0.25) is 0 Å². The summed E-state index contributed by atoms with van der Waals surface area (Å²) in [6, 6.07) is 13.9. The van der Waals surface area contributed by atoms with Gasteiger partial charge in [0, 0.05) is 0 Å². The van der Waals surface area contributed by atoms with Crippen LogP contribution in [0.5, 0.6) is 0 Å². The molecule has 0 aliphatic carbocycles. The monoisotopic (exact) mass is 155 g/mol. The van der Waals surface area contributed by atoms with Crippen molar-refractivity contribution in [2.75, 3.05) is 0 Å². The molecule has 0 heterocycles. The summed E-state index contributed by atoms with van der Waals surface area (Å²) in [4.78, 5) is 0. The minimum absolute atomic E-state index is 1.21. The van der Waals surface area contributed by atoms with Gasteiger partial charge >= 0.3 is 0 Å². The van der Waals surface area contributed by atoms with Crippen molar-refractivity contribution in [3.8, 4) is 0 Å². The summed E-state index contributed by atoms with van der Waals surface area (Å²) in [7, 11) is 0. The van der Waals surface area contributed by atoms with Crippen molar-refractivity contribution in [1.29, 1.82) is 0 Å². The molecule has 0 bridgehead atoms. The van der Waals surface area contributed by atoms with E-state index < -0.39 is 0 Å². The van der Waals surface area contributed by atoms with Crippen LogP contribution in [0.25, 0.3) is 10.8 Å². The number of hydrogen-bond donors (Lipinski definition) is 0. The molecule has 0 amide bonds. The maximum absolute atomic E-state index is 3.26. The molecule has 2 aromatic carbocycles. The van der Waals surface area contributed by atoms with Crippen LogP contribution >= 0.6 is 0 Å². The van der Waals surface area contributed by atoms with Gasteiger partial charge in [-0.2, -0.15) is 0 Å². The Kier molecular flexibility index (Phi) is 1.61. The van der Waals surface area contributed by atoms with Crippen LogP contribution in [0.1, 0.15) is 11.1 Å². The zero-order valence-electron chi connectivity index (χ0n) is 7.39. The fourth-order valence-electron chi connectivity index (χ4n) is 1.40. The Morgan fingerprint density at radius 1 is 1.00 bits per heavy atom. The van der Waals surface area contributed by atoms with Crippen LogP contribution in [0.3, 0.4) is 0 Å². The van der Waals surface area contributed by atoms with E-state index in [2.05, 4.69) is 44.2 Å². The Labute approximate surface area is 72.8 Å². The lowest BCUT2D eigenvalue weighted by molar-refractivity contribution is 1.47. The third-order valence-electron chi connectivity index (χ3n) is 2.05. The van der Waals surface area contributed by atoms with Crippen LogP contribution in [0.15, 0.2) is 30.3 Å². The lowest BCUT2D eigenvalue weighted by Gasteiger charge is -1.99. The van der Waals surface area contributed by atoms with E-state index in [4.69, 9.17) is 0 Å². The van der Waals surface area contributed by atoms with Gasteiger partial charge < -0.3 is 0 Å². The SMILES string of the molecule is Cc1ccc2cc(C)c[c]c2c1. The van der Waals surface area contributed by atoms with Gasteiger partial charge in [-0.25, -0.2) is 0 Å². The first-order valence-electron chi connectivity index (χ1n) is 4.14. The van der Waals surface area contributed by atoms with Crippen molar-refractivity contribution < 1.29 is 0 Å². The molecule has 0 saturated heterocycles. The summed E-state index contributed by atoms with van der Waals surface area (Å²) in [5.74, 6) is 0. The fraction of sp³-hybridized carbons (Fsp3) is 0.167. The quantitative estimate of drug-likeness (QED) is 0.547. The number of fused-ring (bicyclic) bond motifs is 1. The Hall–Kier alpha value is -1.30. The van der Waals surface area contributed by atoms with E-state index in [1.54, 1.807) is 0 Å². The van der Waals surface area contributed by atoms with Crippen molar-refractivity contribution in [3.05, 3.63) is 47.5 Å². The van der Waals surface area contributed by atoms with E-state index in [0.717, 1.165) is 0 Å². The Morgan fingerprint density at radius 3 is 2.67 bits per heavy atom. The molecule has 0 atom stereocenters. The smallest absolute Gasteiger partial charge is 0.00963 e. The summed E-state index contributed by atoms with van der Waals surface area (Å²) in [6.45, 7) is 4.20. The summed E-state index contributed by atoms with van der Waals surface area (Å²) < 4.78 is 0. The van der Waals surface area contributed by atoms with Gasteiger partial charge in [0.2, 0.25) is 0 Å². The highest BCUT2D eigenvalue weighted by Gasteiger charge is 1.93. The average molecular weight is 155 g/mol. The van der Waals surface area contributed by atoms with Gasteiger partial charge in [-0.15, -0.1) is 0 Å². The van der Waals surface area contributed by atoms with Gasteiger partial charge in [0.05, 0.1) is 0 Å². The Morgan fingerprint density at radius 2 is 1.83 bits per heavy atom. The molecular formula is C12H11. The van der Waals surface area contributed by atoms with Gasteiger partial charge in [-0.05, 0) is 36.2 Å². The molecule has 0 saturated carbocycles. The summed E-state index contributed by atoms with van der Waals surface area (Å²) in [5.41, 5.74) is 2.56. The van der Waals surface area contributed by atoms with Crippen LogP contribution in [0.4, 0.5) is 0 Å². The van der Waals surface area contributed by atoms with Crippen molar-refractivity contribution >= 4 is 10.8 Å². The lowest BCUT2D eigenvalue weighted by atomic mass is 10.1. The van der Waals surface area contributed by atoms with Gasteiger partial charge in [-0.1, -0.05) is 35.9 Å². The Balaban J connectivity index is 2.79. The van der Waals surface area contributed by atoms with Crippen molar-refractivity contribution in [3.63, 3.8) is 0 Å². The summed E-state index contributed by atoms with van der Waals surface area (Å²) in [5, 5.41) is 2.49. The van der Waals surface area contributed by atoms with Crippen LogP contribution in [0.2, 0.25) is 0 Å². The highest BCUT2D eigenvalue weighted by molar-refractivity contribution is 5.83. The molecule has 0 N–H and O–H groups in total. The molecule has 59 valence electrons. The molecule has 2 aromatic rings. The summed E-state index contributed by atoms with van der Waals surface area (Å²) in [6.07, 6.45) is 0. The number of aryl methyl sites for hydroxylation is 2. The zero-order chi connectivity index (χ0) is 8.55. The van der Waals surface area contributed by atoms with Gasteiger partial charge in [0.25, 0.3) is 0 Å². The molecule has 2 rings (SSSR count). The molecule has 0 nitrogen and oxygen atoms in total. The largest absolute Gasteiger partial charge is 0.0587 e. The molecule has 1 radical (unpaired) electrons. The first kappa shape index (κ1) is 7.35. The van der Waals surface area contributed by atoms with Crippen molar-refractivity contribution in [2.45, 2.75) is 13.8 Å². The maximum Gasteiger partial charge on any atom is -0.00963 e. The van der Waals surface area contributed by atoms with E-state index in [9.17, 15) is 0 Å². The van der Waals surface area contributed by atoms with Crippen LogP contribution in [-0.4, -0.2) is 0 Å². The normalized spacial score (nSPS) is 10.5. The molecule has 0 aliphatic heterocycles. The molecule has 0 aliphatic rings. The molecule has 0 heteroatoms. The lowest BCUT2D eigenvalue weighted by Crippen LogP contribution is -1.77. The fourth-order valence-corrected chi connectivity index (χ4v) is 1.40. The molecule has 0 spiro atoms. The van der Waals surface area contributed by atoms with Gasteiger partial charge in [0.15, 0.2) is 0 Å². The topological polar surface area (TPSA) is 0 Å². The van der Waals surface area contributed by atoms with E-state index in [0.29, 0.717) is 0 Å². The van der Waals surface area contributed by atoms with Crippen LogP contribution in [-0.2, 0) is 0 Å². The van der Waals surface area contributed by atoms with Crippen molar-refractivity contribution in [2.24, 2.45) is 0 Å². The second-order valence-electron chi connectivity index (χ2n) is 3.27. The van der Waals surface area contributed by atoms with E-state index >= 15 is 0 Å². The number of rotatable bonds is 0. The van der Waals surface area contributed by atoms with Crippen molar-refractivity contribution in [1.82, 2.24) is 0 Å². The van der Waals surface area contributed by atoms with E-state index in [1.807, 2.05) is 6.07 Å². The summed E-state index contributed by atoms with van der Waals surface area (Å²) >= 11 is 0. The first-order valence-corrected chi connectivity index (χ1v) is 4.14. The average Bonchev–Trinajstić information content (AvgIpc) is 2.05. The standard InChI is InChI=1S/C12H11/c1-9-3-5-12-8-10(2)4-6-11(12)7-9/h3-5,7-8H,1-2H3. The van der Waals surface area contributed by atoms with Gasteiger partial charge in [0.1, 0.15) is 0 Å². The van der Waals surface area contributed by atoms with Crippen LogP contribution < -0.4 is 0 Å². The molecule has 0 unspecified atom stereocenters. The maximum atomic E-state index is 3.26. The third-order valence-corrected chi connectivity index (χ3v) is 2.05. The second-order valence-corrected chi connectivity index (χ2v) is 3.27. The minimum atomic E-state index is 1.21. The second kappa shape index (κ2) is 2.63. The van der Waals surface area contributed by atoms with E-state index in [1.165, 1.54) is 21.9 Å². The molecule has 0 fully saturated rings. The number of hydrogen-bond acceptors (Lipinski definition) is 0. The first-order chi connectivity index (χ1) is 5.75. The Bertz CT molecular complexity index is 372. The zero-order valence-corrected chi connectivity index (χ0v) is 7.39. The predicted molar refractivity (Wildman–Crippen MR) is 52.3 cm³/mol. The molecular weight excluding hydrogens is 144 g/mol. The highest BCUT2D eigenvalue weighted by Crippen LogP contribution is 2.16. The van der Waals surface area contributed by atoms with E-state index in [-0.39, 0.29) is 0 Å². The van der Waals surface area contributed by atoms with Crippen LogP contribution in [0, 0.1) is 19.9 Å². The molecule has 0 aromatic heterocycles. The molecule has 12 heavy (non-hydrogen) atoms. The highest BCUT2D eigenvalue weighted by atomic mass is 14.0. The minimum Gasteiger partial charge on any atom is -0.0587 e. The number of benzene rings is 2. The predicted octanol–water partition coefficient (Wildman–Crippen LogP) is 3.26.